The van der Waals surface area contributed by atoms with Crippen LogP contribution in [0.25, 0.3) is 32.7 Å². The van der Waals surface area contributed by atoms with E-state index in [0.717, 1.165) is 32.7 Å². The van der Waals surface area contributed by atoms with Crippen LogP contribution >= 0.6 is 9.39 Å². The van der Waals surface area contributed by atoms with Gasteiger partial charge >= 0.3 is 0 Å². The summed E-state index contributed by atoms with van der Waals surface area (Å²) in [7, 11) is 6.42. The molecule has 1 unspecified atom stereocenters. The third kappa shape index (κ3) is 3.82. The minimum atomic E-state index is 0.222. The molecule has 4 heteroatoms. The number of nitrogens with zero attached hydrogens (tertiary/aromatic N) is 1. The lowest BCUT2D eigenvalue weighted by Gasteiger charge is -2.17. The molecular formula is C24H26NO2P. The van der Waals surface area contributed by atoms with E-state index in [1.54, 1.807) is 0 Å². The van der Waals surface area contributed by atoms with Crippen molar-refractivity contribution in [2.75, 3.05) is 14.1 Å². The molecular weight excluding hydrogens is 365 g/mol. The number of benzene rings is 4. The normalized spacial score (nSPS) is 10.9. The fourth-order valence-corrected chi connectivity index (χ4v) is 3.46. The first-order chi connectivity index (χ1) is 13.3. The molecule has 3 nitrogen and oxygen atoms in total. The molecule has 0 aromatic heterocycles. The summed E-state index contributed by atoms with van der Waals surface area (Å²) < 4.78 is 1.92. The van der Waals surface area contributed by atoms with Crippen molar-refractivity contribution >= 4 is 30.9 Å². The molecule has 0 amide bonds. The van der Waals surface area contributed by atoms with E-state index in [9.17, 15) is 10.2 Å². The van der Waals surface area contributed by atoms with Crippen LogP contribution in [0.1, 0.15) is 11.1 Å². The van der Waals surface area contributed by atoms with Gasteiger partial charge in [0.15, 0.2) is 0 Å². The first-order valence-corrected chi connectivity index (χ1v) is 9.68. The molecule has 0 spiro atoms. The number of fused-ring (bicyclic) bond motifs is 2. The Hall–Kier alpha value is -2.61. The van der Waals surface area contributed by atoms with Gasteiger partial charge in [-0.25, -0.2) is 0 Å². The Morgan fingerprint density at radius 2 is 1.00 bits per heavy atom. The number of aromatic hydroxyl groups is 2. The fraction of sp³-hybridized carbons (Fsp3) is 0.167. The van der Waals surface area contributed by atoms with Crippen molar-refractivity contribution < 1.29 is 10.2 Å². The van der Waals surface area contributed by atoms with E-state index in [1.807, 2.05) is 93.3 Å². The molecule has 1 atom stereocenters. The summed E-state index contributed by atoms with van der Waals surface area (Å²) in [6, 6.07) is 19.9. The second-order valence-corrected chi connectivity index (χ2v) is 8.27. The molecule has 4 rings (SSSR count). The van der Waals surface area contributed by atoms with Gasteiger partial charge in [0.05, 0.1) is 0 Å². The highest BCUT2D eigenvalue weighted by Crippen LogP contribution is 2.46. The van der Waals surface area contributed by atoms with Crippen LogP contribution in [0.4, 0.5) is 0 Å². The van der Waals surface area contributed by atoms with Crippen molar-refractivity contribution in [3.05, 3.63) is 71.8 Å². The Balaban J connectivity index is 0.000000516. The van der Waals surface area contributed by atoms with Gasteiger partial charge in [-0.2, -0.15) is 0 Å². The molecule has 0 fully saturated rings. The second kappa shape index (κ2) is 8.18. The maximum Gasteiger partial charge on any atom is 0.127 e. The lowest BCUT2D eigenvalue weighted by atomic mass is 9.89. The quantitative estimate of drug-likeness (QED) is 0.390. The molecule has 0 aliphatic carbocycles. The maximum atomic E-state index is 10.8. The van der Waals surface area contributed by atoms with Gasteiger partial charge in [-0.3, -0.25) is 4.67 Å². The van der Waals surface area contributed by atoms with Crippen LogP contribution in [-0.2, 0) is 0 Å². The number of aryl methyl sites for hydroxylation is 2. The van der Waals surface area contributed by atoms with Gasteiger partial charge in [-0.15, -0.1) is 0 Å². The fourth-order valence-electron chi connectivity index (χ4n) is 3.46. The highest BCUT2D eigenvalue weighted by atomic mass is 31.0. The predicted octanol–water partition coefficient (Wildman–Crippen LogP) is 6.03. The first-order valence-electron chi connectivity index (χ1n) is 9.16. The molecule has 0 radical (unpaired) electrons. The van der Waals surface area contributed by atoms with Gasteiger partial charge in [-0.05, 0) is 72.7 Å². The Bertz CT molecular complexity index is 1060. The predicted molar refractivity (Wildman–Crippen MR) is 123 cm³/mol. The summed E-state index contributed by atoms with van der Waals surface area (Å²) in [6.45, 7) is 3.78. The highest BCUT2D eigenvalue weighted by molar-refractivity contribution is 7.13. The molecule has 2 N–H and O–H groups in total. The summed E-state index contributed by atoms with van der Waals surface area (Å²) in [5, 5.41) is 25.6. The van der Waals surface area contributed by atoms with Crippen LogP contribution in [0, 0.1) is 13.8 Å². The molecule has 0 bridgehead atoms. The molecule has 0 saturated carbocycles. The molecule has 0 aliphatic heterocycles. The molecule has 4 aromatic rings. The standard InChI is InChI=1S/C22H18O2.C2H8NP/c1-13-11-15-7-3-5-9-17(15)19(21(13)23)20-18-10-6-4-8-16(18)12-14(2)22(20)24;1-3(2)4/h3-12,23-24H,1-2H3;4H2,1-2H3. The van der Waals surface area contributed by atoms with Crippen molar-refractivity contribution in [3.63, 3.8) is 0 Å². The minimum absolute atomic E-state index is 0.222. The third-order valence-electron chi connectivity index (χ3n) is 4.67. The highest BCUT2D eigenvalue weighted by Gasteiger charge is 2.19. The maximum absolute atomic E-state index is 10.8. The number of hydrogen-bond acceptors (Lipinski definition) is 3. The Kier molecular flexibility index (Phi) is 5.88. The van der Waals surface area contributed by atoms with E-state index in [1.165, 1.54) is 0 Å². The number of phenolic OH excluding ortho intramolecular Hbond substituents is 2. The molecule has 144 valence electrons. The average Bonchev–Trinajstić information content (AvgIpc) is 2.65. The lowest BCUT2D eigenvalue weighted by Crippen LogP contribution is -1.90. The SMILES string of the molecule is CN(C)P.Cc1cc2ccccc2c(-c2c(O)c(C)cc3ccccc23)c1O. The lowest BCUT2D eigenvalue weighted by molar-refractivity contribution is 0.466. The molecule has 0 heterocycles. The first kappa shape index (κ1) is 20.1. The van der Waals surface area contributed by atoms with Crippen molar-refractivity contribution in [1.82, 2.24) is 4.67 Å². The molecule has 0 saturated heterocycles. The second-order valence-electron chi connectivity index (χ2n) is 7.24. The molecule has 28 heavy (non-hydrogen) atoms. The summed E-state index contributed by atoms with van der Waals surface area (Å²) in [5.41, 5.74) is 2.99. The van der Waals surface area contributed by atoms with Crippen LogP contribution in [0.2, 0.25) is 0 Å². The Morgan fingerprint density at radius 1 is 0.679 bits per heavy atom. The van der Waals surface area contributed by atoms with E-state index in [2.05, 4.69) is 9.39 Å². The molecule has 4 aromatic carbocycles. The summed E-state index contributed by atoms with van der Waals surface area (Å²) in [6.07, 6.45) is 0. The Morgan fingerprint density at radius 3 is 1.36 bits per heavy atom. The third-order valence-corrected chi connectivity index (χ3v) is 4.67. The van der Waals surface area contributed by atoms with Crippen LogP contribution < -0.4 is 0 Å². The van der Waals surface area contributed by atoms with Gasteiger partial charge in [0, 0.05) is 11.1 Å². The van der Waals surface area contributed by atoms with Gasteiger partial charge < -0.3 is 10.2 Å². The van der Waals surface area contributed by atoms with E-state index >= 15 is 0 Å². The zero-order valence-electron chi connectivity index (χ0n) is 16.7. The smallest absolute Gasteiger partial charge is 0.127 e. The number of phenols is 2. The van der Waals surface area contributed by atoms with E-state index < -0.39 is 0 Å². The number of hydrogen-bond donors (Lipinski definition) is 2. The minimum Gasteiger partial charge on any atom is -0.507 e. The molecule has 0 aliphatic rings. The van der Waals surface area contributed by atoms with E-state index in [0.29, 0.717) is 11.1 Å². The van der Waals surface area contributed by atoms with Crippen molar-refractivity contribution in [1.29, 1.82) is 0 Å². The van der Waals surface area contributed by atoms with Gasteiger partial charge in [0.25, 0.3) is 0 Å². The van der Waals surface area contributed by atoms with Crippen LogP contribution in [-0.4, -0.2) is 29.0 Å². The van der Waals surface area contributed by atoms with Crippen LogP contribution in [0.15, 0.2) is 60.7 Å². The van der Waals surface area contributed by atoms with Gasteiger partial charge in [-0.1, -0.05) is 57.9 Å². The van der Waals surface area contributed by atoms with Crippen LogP contribution in [0.3, 0.4) is 0 Å². The van der Waals surface area contributed by atoms with Crippen molar-refractivity contribution in [3.8, 4) is 22.6 Å². The largest absolute Gasteiger partial charge is 0.507 e. The summed E-state index contributed by atoms with van der Waals surface area (Å²) >= 11 is 0. The zero-order chi connectivity index (χ0) is 20.4. The van der Waals surface area contributed by atoms with E-state index in [4.69, 9.17) is 0 Å². The topological polar surface area (TPSA) is 43.7 Å². The average molecular weight is 391 g/mol. The number of rotatable bonds is 1. The zero-order valence-corrected chi connectivity index (χ0v) is 17.8. The van der Waals surface area contributed by atoms with Gasteiger partial charge in [0.2, 0.25) is 0 Å². The van der Waals surface area contributed by atoms with E-state index in [-0.39, 0.29) is 11.5 Å². The van der Waals surface area contributed by atoms with Gasteiger partial charge in [0.1, 0.15) is 11.5 Å². The monoisotopic (exact) mass is 391 g/mol. The van der Waals surface area contributed by atoms with Crippen molar-refractivity contribution in [2.24, 2.45) is 0 Å². The van der Waals surface area contributed by atoms with Crippen molar-refractivity contribution in [2.45, 2.75) is 13.8 Å². The summed E-state index contributed by atoms with van der Waals surface area (Å²) in [5.74, 6) is 0.444. The van der Waals surface area contributed by atoms with Crippen LogP contribution in [0.5, 0.6) is 11.5 Å². The Labute approximate surface area is 168 Å². The summed E-state index contributed by atoms with van der Waals surface area (Å²) in [4.78, 5) is 0.